The van der Waals surface area contributed by atoms with E-state index in [4.69, 9.17) is 5.11 Å². The quantitative estimate of drug-likeness (QED) is 0.928. The van der Waals surface area contributed by atoms with Crippen LogP contribution in [0.25, 0.3) is 0 Å². The number of nitrogens with zero attached hydrogens (tertiary/aromatic N) is 1. The summed E-state index contributed by atoms with van der Waals surface area (Å²) in [5.74, 6) is -0.778. The number of halogens is 1. The number of benzene rings is 1. The number of hydrogen-bond donors (Lipinski definition) is 1. The van der Waals surface area contributed by atoms with Gasteiger partial charge < -0.3 is 10.0 Å². The summed E-state index contributed by atoms with van der Waals surface area (Å²) in [4.78, 5) is 13.2. The molecule has 0 aliphatic heterocycles. The topological polar surface area (TPSA) is 40.5 Å². The molecule has 0 aromatic heterocycles. The van der Waals surface area contributed by atoms with Gasteiger partial charge in [0.25, 0.3) is 0 Å². The third-order valence-corrected chi connectivity index (χ3v) is 4.36. The fourth-order valence-electron chi connectivity index (χ4n) is 2.60. The molecule has 0 heterocycles. The number of carboxylic acids is 1. The average molecular weight is 312 g/mol. The SMILES string of the molecule is CN(c1ccc(Br)cc1)C1CCC(C(=O)O)CC1. The largest absolute Gasteiger partial charge is 0.481 e. The number of anilines is 1. The van der Waals surface area contributed by atoms with E-state index in [2.05, 4.69) is 40.0 Å². The summed E-state index contributed by atoms with van der Waals surface area (Å²) < 4.78 is 1.08. The van der Waals surface area contributed by atoms with Crippen LogP contribution in [0, 0.1) is 5.92 Å². The number of hydrogen-bond acceptors (Lipinski definition) is 2. The van der Waals surface area contributed by atoms with Gasteiger partial charge in [-0.2, -0.15) is 0 Å². The lowest BCUT2D eigenvalue weighted by atomic mass is 9.85. The van der Waals surface area contributed by atoms with Crippen molar-refractivity contribution in [3.8, 4) is 0 Å². The Morgan fingerprint density at radius 3 is 2.28 bits per heavy atom. The van der Waals surface area contributed by atoms with Gasteiger partial charge in [0.1, 0.15) is 0 Å². The van der Waals surface area contributed by atoms with E-state index in [0.717, 1.165) is 30.2 Å². The van der Waals surface area contributed by atoms with E-state index in [-0.39, 0.29) is 5.92 Å². The Hall–Kier alpha value is -1.03. The maximum atomic E-state index is 10.9. The van der Waals surface area contributed by atoms with Crippen molar-refractivity contribution in [3.05, 3.63) is 28.7 Å². The fourth-order valence-corrected chi connectivity index (χ4v) is 2.86. The molecular weight excluding hydrogens is 294 g/mol. The van der Waals surface area contributed by atoms with Gasteiger partial charge >= 0.3 is 5.97 Å². The van der Waals surface area contributed by atoms with Crippen LogP contribution in [0.4, 0.5) is 5.69 Å². The monoisotopic (exact) mass is 311 g/mol. The van der Waals surface area contributed by atoms with Crippen molar-refractivity contribution < 1.29 is 9.90 Å². The first-order chi connectivity index (χ1) is 8.58. The molecule has 1 saturated carbocycles. The lowest BCUT2D eigenvalue weighted by Gasteiger charge is -2.34. The lowest BCUT2D eigenvalue weighted by Crippen LogP contribution is -2.36. The van der Waals surface area contributed by atoms with Gasteiger partial charge in [0, 0.05) is 23.2 Å². The van der Waals surface area contributed by atoms with E-state index in [9.17, 15) is 4.79 Å². The molecule has 0 saturated heterocycles. The average Bonchev–Trinajstić information content (AvgIpc) is 2.39. The van der Waals surface area contributed by atoms with Gasteiger partial charge in [-0.05, 0) is 49.9 Å². The summed E-state index contributed by atoms with van der Waals surface area (Å²) in [7, 11) is 2.09. The van der Waals surface area contributed by atoms with Crippen LogP contribution in [0.3, 0.4) is 0 Å². The van der Waals surface area contributed by atoms with Crippen LogP contribution < -0.4 is 4.90 Å². The molecule has 1 fully saturated rings. The van der Waals surface area contributed by atoms with Gasteiger partial charge in [-0.25, -0.2) is 0 Å². The highest BCUT2D eigenvalue weighted by molar-refractivity contribution is 9.10. The smallest absolute Gasteiger partial charge is 0.306 e. The van der Waals surface area contributed by atoms with Crippen LogP contribution in [0.1, 0.15) is 25.7 Å². The molecule has 0 unspecified atom stereocenters. The highest BCUT2D eigenvalue weighted by Gasteiger charge is 2.27. The first-order valence-corrected chi connectivity index (χ1v) is 7.08. The van der Waals surface area contributed by atoms with Crippen LogP contribution in [-0.4, -0.2) is 24.2 Å². The number of carbonyl (C=O) groups is 1. The Morgan fingerprint density at radius 2 is 1.78 bits per heavy atom. The third-order valence-electron chi connectivity index (χ3n) is 3.83. The zero-order valence-electron chi connectivity index (χ0n) is 10.5. The fraction of sp³-hybridized carbons (Fsp3) is 0.500. The molecule has 2 rings (SSSR count). The summed E-state index contributed by atoms with van der Waals surface area (Å²) in [5, 5.41) is 8.99. The predicted molar refractivity (Wildman–Crippen MR) is 75.9 cm³/mol. The van der Waals surface area contributed by atoms with E-state index in [1.165, 1.54) is 5.69 Å². The predicted octanol–water partition coefficient (Wildman–Crippen LogP) is 3.53. The molecule has 1 N–H and O–H groups in total. The summed E-state index contributed by atoms with van der Waals surface area (Å²) in [6.07, 6.45) is 3.51. The van der Waals surface area contributed by atoms with Crippen molar-refractivity contribution in [1.29, 1.82) is 0 Å². The molecule has 0 spiro atoms. The van der Waals surface area contributed by atoms with Crippen LogP contribution in [0.5, 0.6) is 0 Å². The minimum Gasteiger partial charge on any atom is -0.481 e. The second kappa shape index (κ2) is 5.74. The van der Waals surface area contributed by atoms with Gasteiger partial charge in [0.15, 0.2) is 0 Å². The zero-order valence-corrected chi connectivity index (χ0v) is 12.1. The van der Waals surface area contributed by atoms with Crippen molar-refractivity contribution in [2.45, 2.75) is 31.7 Å². The van der Waals surface area contributed by atoms with Crippen molar-refractivity contribution in [1.82, 2.24) is 0 Å². The Morgan fingerprint density at radius 1 is 1.22 bits per heavy atom. The normalized spacial score (nSPS) is 23.7. The van der Waals surface area contributed by atoms with Crippen molar-refractivity contribution in [2.24, 2.45) is 5.92 Å². The minimum atomic E-state index is -0.639. The maximum Gasteiger partial charge on any atom is 0.306 e. The first kappa shape index (κ1) is 13.4. The Bertz CT molecular complexity index is 410. The molecule has 4 heteroatoms. The van der Waals surface area contributed by atoms with Crippen molar-refractivity contribution in [2.75, 3.05) is 11.9 Å². The van der Waals surface area contributed by atoms with Crippen LogP contribution in [-0.2, 0) is 4.79 Å². The summed E-state index contributed by atoms with van der Waals surface area (Å²) in [5.41, 5.74) is 1.19. The molecule has 0 amide bonds. The zero-order chi connectivity index (χ0) is 13.1. The van der Waals surface area contributed by atoms with Crippen LogP contribution >= 0.6 is 15.9 Å². The summed E-state index contributed by atoms with van der Waals surface area (Å²) >= 11 is 3.43. The molecule has 1 aliphatic rings. The van der Waals surface area contributed by atoms with Gasteiger partial charge in [0.2, 0.25) is 0 Å². The standard InChI is InChI=1S/C14H18BrNO2/c1-16(13-8-4-11(15)5-9-13)12-6-2-10(3-7-12)14(17)18/h4-5,8-10,12H,2-3,6-7H2,1H3,(H,17,18). The highest BCUT2D eigenvalue weighted by Crippen LogP contribution is 2.30. The van der Waals surface area contributed by atoms with E-state index in [0.29, 0.717) is 6.04 Å². The van der Waals surface area contributed by atoms with Gasteiger partial charge in [0.05, 0.1) is 5.92 Å². The van der Waals surface area contributed by atoms with E-state index >= 15 is 0 Å². The summed E-state index contributed by atoms with van der Waals surface area (Å²) in [6, 6.07) is 8.71. The number of rotatable bonds is 3. The van der Waals surface area contributed by atoms with E-state index in [1.54, 1.807) is 0 Å². The molecule has 0 radical (unpaired) electrons. The molecule has 0 atom stereocenters. The molecule has 1 aliphatic carbocycles. The van der Waals surface area contributed by atoms with Gasteiger partial charge in [-0.15, -0.1) is 0 Å². The van der Waals surface area contributed by atoms with Gasteiger partial charge in [-0.3, -0.25) is 4.79 Å². The third kappa shape index (κ3) is 3.05. The van der Waals surface area contributed by atoms with Crippen LogP contribution in [0.15, 0.2) is 28.7 Å². The Balaban J connectivity index is 1.97. The molecular formula is C14H18BrNO2. The Kier molecular flexibility index (Phi) is 4.27. The molecule has 1 aromatic rings. The second-order valence-corrected chi connectivity index (χ2v) is 5.85. The minimum absolute atomic E-state index is 0.139. The van der Waals surface area contributed by atoms with Crippen molar-refractivity contribution >= 4 is 27.6 Å². The van der Waals surface area contributed by atoms with E-state index < -0.39 is 5.97 Å². The van der Waals surface area contributed by atoms with Crippen LogP contribution in [0.2, 0.25) is 0 Å². The molecule has 18 heavy (non-hydrogen) atoms. The molecule has 0 bridgehead atoms. The van der Waals surface area contributed by atoms with Gasteiger partial charge in [-0.1, -0.05) is 15.9 Å². The second-order valence-electron chi connectivity index (χ2n) is 4.93. The van der Waals surface area contributed by atoms with E-state index in [1.807, 2.05) is 12.1 Å². The molecule has 1 aromatic carbocycles. The number of aliphatic carboxylic acids is 1. The molecule has 98 valence electrons. The highest BCUT2D eigenvalue weighted by atomic mass is 79.9. The molecule has 3 nitrogen and oxygen atoms in total. The first-order valence-electron chi connectivity index (χ1n) is 6.29. The Labute approximate surface area is 116 Å². The summed E-state index contributed by atoms with van der Waals surface area (Å²) in [6.45, 7) is 0. The van der Waals surface area contributed by atoms with Crippen molar-refractivity contribution in [3.63, 3.8) is 0 Å². The lowest BCUT2D eigenvalue weighted by molar-refractivity contribution is -0.142. The maximum absolute atomic E-state index is 10.9. The number of carboxylic acid groups (broad SMARTS) is 1.